The minimum Gasteiger partial charge on any atom is -0.303 e. The summed E-state index contributed by atoms with van der Waals surface area (Å²) in [6.07, 6.45) is 5.68. The fraction of sp³-hybridized carbons (Fsp3) is 1.00. The summed E-state index contributed by atoms with van der Waals surface area (Å²) in [5.74, 6) is 3.71. The zero-order chi connectivity index (χ0) is 11.9. The zero-order valence-corrected chi connectivity index (χ0v) is 12.6. The second kappa shape index (κ2) is 7.88. The summed E-state index contributed by atoms with van der Waals surface area (Å²) < 4.78 is 0. The molecule has 1 aliphatic carbocycles. The Labute approximate surface area is 111 Å². The van der Waals surface area contributed by atoms with Gasteiger partial charge in [0.1, 0.15) is 0 Å². The van der Waals surface area contributed by atoms with Crippen LogP contribution in [-0.4, -0.2) is 41.8 Å². The quantitative estimate of drug-likeness (QED) is 0.526. The van der Waals surface area contributed by atoms with Gasteiger partial charge in [-0.2, -0.15) is 24.4 Å². The van der Waals surface area contributed by atoms with Gasteiger partial charge in [-0.3, -0.25) is 0 Å². The molecule has 0 bridgehead atoms. The smallest absolute Gasteiger partial charge is 0.00721 e. The number of rotatable bonds is 8. The average Bonchev–Trinajstić information content (AvgIpc) is 2.79. The molecular weight excluding hydrogens is 234 g/mol. The summed E-state index contributed by atoms with van der Waals surface area (Å²) in [4.78, 5) is 2.51. The molecule has 0 atom stereocenters. The topological polar surface area (TPSA) is 3.24 Å². The standard InChI is InChI=1S/C13H27NS2/c1-3-14(4-2)9-10-16-12-13(11-15)7-5-6-8-13/h15H,3-12H2,1-2H3. The fourth-order valence-electron chi connectivity index (χ4n) is 2.50. The van der Waals surface area contributed by atoms with Gasteiger partial charge in [0.25, 0.3) is 0 Å². The summed E-state index contributed by atoms with van der Waals surface area (Å²) in [5, 5.41) is 0. The van der Waals surface area contributed by atoms with Gasteiger partial charge in [0.05, 0.1) is 0 Å². The van der Waals surface area contributed by atoms with Gasteiger partial charge in [-0.25, -0.2) is 0 Å². The van der Waals surface area contributed by atoms with E-state index >= 15 is 0 Å². The molecule has 0 aromatic rings. The molecule has 1 fully saturated rings. The Morgan fingerprint density at radius 2 is 1.81 bits per heavy atom. The van der Waals surface area contributed by atoms with Crippen LogP contribution in [0.1, 0.15) is 39.5 Å². The lowest BCUT2D eigenvalue weighted by atomic mass is 9.91. The van der Waals surface area contributed by atoms with Gasteiger partial charge in [0.15, 0.2) is 0 Å². The Balaban J connectivity index is 2.14. The van der Waals surface area contributed by atoms with Crippen LogP contribution >= 0.6 is 24.4 Å². The summed E-state index contributed by atoms with van der Waals surface area (Å²) in [7, 11) is 0. The van der Waals surface area contributed by atoms with Gasteiger partial charge >= 0.3 is 0 Å². The molecule has 1 rings (SSSR count). The average molecular weight is 262 g/mol. The first-order valence-corrected chi connectivity index (χ1v) is 8.46. The van der Waals surface area contributed by atoms with Crippen LogP contribution in [0.5, 0.6) is 0 Å². The number of nitrogens with zero attached hydrogens (tertiary/aromatic N) is 1. The molecule has 3 heteroatoms. The van der Waals surface area contributed by atoms with E-state index in [1.807, 2.05) is 0 Å². The molecule has 0 radical (unpaired) electrons. The van der Waals surface area contributed by atoms with Crippen molar-refractivity contribution in [2.75, 3.05) is 36.9 Å². The monoisotopic (exact) mass is 261 g/mol. The molecule has 0 amide bonds. The van der Waals surface area contributed by atoms with Crippen molar-refractivity contribution in [3.63, 3.8) is 0 Å². The Bertz CT molecular complexity index is 175. The van der Waals surface area contributed by atoms with Gasteiger partial charge < -0.3 is 4.90 Å². The second-order valence-corrected chi connectivity index (χ2v) is 6.37. The van der Waals surface area contributed by atoms with Crippen molar-refractivity contribution >= 4 is 24.4 Å². The zero-order valence-electron chi connectivity index (χ0n) is 10.9. The molecule has 0 N–H and O–H groups in total. The highest BCUT2D eigenvalue weighted by molar-refractivity contribution is 7.99. The molecule has 1 saturated carbocycles. The molecule has 0 saturated heterocycles. The summed E-state index contributed by atoms with van der Waals surface area (Å²) in [6.45, 7) is 8.13. The normalized spacial score (nSPS) is 19.5. The number of thiol groups is 1. The van der Waals surface area contributed by atoms with E-state index in [1.54, 1.807) is 0 Å². The van der Waals surface area contributed by atoms with Crippen molar-refractivity contribution in [1.82, 2.24) is 4.90 Å². The van der Waals surface area contributed by atoms with Crippen molar-refractivity contribution in [3.05, 3.63) is 0 Å². The predicted molar refractivity (Wildman–Crippen MR) is 79.9 cm³/mol. The maximum atomic E-state index is 4.56. The minimum atomic E-state index is 0.580. The number of hydrogen-bond acceptors (Lipinski definition) is 3. The highest BCUT2D eigenvalue weighted by Crippen LogP contribution is 2.41. The highest BCUT2D eigenvalue weighted by Gasteiger charge is 2.31. The van der Waals surface area contributed by atoms with Crippen LogP contribution in [0.2, 0.25) is 0 Å². The summed E-state index contributed by atoms with van der Waals surface area (Å²) in [5.41, 5.74) is 0.580. The molecule has 0 spiro atoms. The maximum Gasteiger partial charge on any atom is 0.00721 e. The molecular formula is C13H27NS2. The van der Waals surface area contributed by atoms with Gasteiger partial charge in [-0.1, -0.05) is 26.7 Å². The van der Waals surface area contributed by atoms with Crippen LogP contribution in [0, 0.1) is 5.41 Å². The third-order valence-corrected chi connectivity index (χ3v) is 5.81. The van der Waals surface area contributed by atoms with Crippen molar-refractivity contribution < 1.29 is 0 Å². The van der Waals surface area contributed by atoms with Gasteiger partial charge in [0, 0.05) is 12.3 Å². The largest absolute Gasteiger partial charge is 0.303 e. The van der Waals surface area contributed by atoms with Crippen molar-refractivity contribution in [2.24, 2.45) is 5.41 Å². The van der Waals surface area contributed by atoms with E-state index in [9.17, 15) is 0 Å². The first kappa shape index (κ1) is 14.7. The predicted octanol–water partition coefficient (Wildman–Crippen LogP) is 3.55. The molecule has 0 heterocycles. The van der Waals surface area contributed by atoms with Crippen LogP contribution in [0.15, 0.2) is 0 Å². The third kappa shape index (κ3) is 4.50. The Morgan fingerprint density at radius 3 is 2.31 bits per heavy atom. The first-order valence-electron chi connectivity index (χ1n) is 6.67. The Hall–Kier alpha value is 0.660. The van der Waals surface area contributed by atoms with E-state index in [2.05, 4.69) is 43.1 Å². The lowest BCUT2D eigenvalue weighted by molar-refractivity contribution is 0.323. The van der Waals surface area contributed by atoms with E-state index in [0.29, 0.717) is 5.41 Å². The fourth-order valence-corrected chi connectivity index (χ4v) is 4.43. The lowest BCUT2D eigenvalue weighted by Gasteiger charge is -2.27. The van der Waals surface area contributed by atoms with E-state index in [-0.39, 0.29) is 0 Å². The van der Waals surface area contributed by atoms with Crippen LogP contribution in [-0.2, 0) is 0 Å². The van der Waals surface area contributed by atoms with E-state index in [4.69, 9.17) is 0 Å². The summed E-state index contributed by atoms with van der Waals surface area (Å²) >= 11 is 6.70. The van der Waals surface area contributed by atoms with Crippen LogP contribution in [0.4, 0.5) is 0 Å². The molecule has 0 unspecified atom stereocenters. The SMILES string of the molecule is CCN(CC)CCSCC1(CS)CCCC1. The Morgan fingerprint density at radius 1 is 1.19 bits per heavy atom. The molecule has 1 aliphatic rings. The van der Waals surface area contributed by atoms with Gasteiger partial charge in [-0.05, 0) is 42.9 Å². The lowest BCUT2D eigenvalue weighted by Crippen LogP contribution is -2.27. The van der Waals surface area contributed by atoms with Crippen molar-refractivity contribution in [3.8, 4) is 0 Å². The van der Waals surface area contributed by atoms with E-state index in [0.717, 1.165) is 5.75 Å². The molecule has 0 aromatic carbocycles. The first-order chi connectivity index (χ1) is 7.76. The van der Waals surface area contributed by atoms with E-state index in [1.165, 1.54) is 56.8 Å². The molecule has 96 valence electrons. The third-order valence-electron chi connectivity index (χ3n) is 3.85. The van der Waals surface area contributed by atoms with Gasteiger partial charge in [-0.15, -0.1) is 0 Å². The van der Waals surface area contributed by atoms with Gasteiger partial charge in [0.2, 0.25) is 0 Å². The highest BCUT2D eigenvalue weighted by atomic mass is 32.2. The molecule has 0 aliphatic heterocycles. The molecule has 16 heavy (non-hydrogen) atoms. The molecule has 1 nitrogen and oxygen atoms in total. The minimum absolute atomic E-state index is 0.580. The van der Waals surface area contributed by atoms with Crippen molar-refractivity contribution in [2.45, 2.75) is 39.5 Å². The Kier molecular flexibility index (Phi) is 7.25. The van der Waals surface area contributed by atoms with Crippen LogP contribution < -0.4 is 0 Å². The summed E-state index contributed by atoms with van der Waals surface area (Å²) in [6, 6.07) is 0. The van der Waals surface area contributed by atoms with Crippen LogP contribution in [0.25, 0.3) is 0 Å². The molecule has 0 aromatic heterocycles. The second-order valence-electron chi connectivity index (χ2n) is 4.94. The van der Waals surface area contributed by atoms with E-state index < -0.39 is 0 Å². The maximum absolute atomic E-state index is 4.56. The number of hydrogen-bond donors (Lipinski definition) is 1. The van der Waals surface area contributed by atoms with Crippen molar-refractivity contribution in [1.29, 1.82) is 0 Å². The number of thioether (sulfide) groups is 1. The van der Waals surface area contributed by atoms with Crippen LogP contribution in [0.3, 0.4) is 0 Å².